The van der Waals surface area contributed by atoms with Gasteiger partial charge in [-0.15, -0.1) is 0 Å². The van der Waals surface area contributed by atoms with Gasteiger partial charge in [-0.2, -0.15) is 0 Å². The molecule has 1 aromatic carbocycles. The molecule has 1 N–H and O–H groups in total. The van der Waals surface area contributed by atoms with Crippen molar-refractivity contribution in [3.63, 3.8) is 0 Å². The van der Waals surface area contributed by atoms with Gasteiger partial charge >= 0.3 is 0 Å². The summed E-state index contributed by atoms with van der Waals surface area (Å²) in [5, 5.41) is 3.98. The van der Waals surface area contributed by atoms with Crippen LogP contribution < -0.4 is 5.32 Å². The Labute approximate surface area is 126 Å². The lowest BCUT2D eigenvalue weighted by Gasteiger charge is -2.19. The van der Waals surface area contributed by atoms with Crippen molar-refractivity contribution in [1.82, 2.24) is 9.88 Å². The molecule has 4 nitrogen and oxygen atoms in total. The van der Waals surface area contributed by atoms with E-state index in [1.54, 1.807) is 6.20 Å². The number of benzene rings is 1. The maximum absolute atomic E-state index is 12.2. The molecule has 0 saturated heterocycles. The first-order chi connectivity index (χ1) is 10.2. The molecule has 1 aromatic heterocycles. The smallest absolute Gasteiger partial charge is 0.238 e. The van der Waals surface area contributed by atoms with Crippen molar-refractivity contribution < 1.29 is 4.79 Å². The Morgan fingerprint density at radius 2 is 2.10 bits per heavy atom. The molecule has 112 valence electrons. The number of aromatic nitrogens is 1. The molecule has 2 rings (SSSR count). The summed E-state index contributed by atoms with van der Waals surface area (Å²) in [4.78, 5) is 18.7. The summed E-state index contributed by atoms with van der Waals surface area (Å²) in [6.07, 6.45) is 4.03. The zero-order chi connectivity index (χ0) is 15.1. The largest absolute Gasteiger partial charge is 0.324 e. The van der Waals surface area contributed by atoms with Crippen LogP contribution in [0.1, 0.15) is 26.7 Å². The number of pyridine rings is 1. The molecule has 2 aromatic rings. The third-order valence-corrected chi connectivity index (χ3v) is 3.56. The number of nitrogens with one attached hydrogen (secondary N) is 1. The first kappa shape index (κ1) is 15.4. The second-order valence-electron chi connectivity index (χ2n) is 5.15. The van der Waals surface area contributed by atoms with Crippen LogP contribution in [0.3, 0.4) is 0 Å². The lowest BCUT2D eigenvalue weighted by Crippen LogP contribution is -2.33. The molecule has 0 saturated carbocycles. The molecule has 1 heterocycles. The third kappa shape index (κ3) is 4.26. The molecule has 0 aliphatic heterocycles. The lowest BCUT2D eigenvalue weighted by molar-refractivity contribution is -0.117. The van der Waals surface area contributed by atoms with Crippen LogP contribution in [-0.2, 0) is 4.79 Å². The van der Waals surface area contributed by atoms with Gasteiger partial charge in [0, 0.05) is 11.6 Å². The Kier molecular flexibility index (Phi) is 5.69. The van der Waals surface area contributed by atoms with E-state index in [0.717, 1.165) is 42.5 Å². The molecular formula is C17H23N3O. The Morgan fingerprint density at radius 3 is 2.86 bits per heavy atom. The molecule has 0 aliphatic rings. The summed E-state index contributed by atoms with van der Waals surface area (Å²) >= 11 is 0. The van der Waals surface area contributed by atoms with Crippen LogP contribution in [-0.4, -0.2) is 35.4 Å². The standard InChI is InChI=1S/C17H23N3O/c1-3-5-12-20(4-2)13-17(21)19-16-10-6-9-15-14(16)8-7-11-18-15/h6-11H,3-5,12-13H2,1-2H3,(H,19,21). The Bertz CT molecular complexity index is 592. The average molecular weight is 285 g/mol. The van der Waals surface area contributed by atoms with Gasteiger partial charge in [-0.3, -0.25) is 14.7 Å². The minimum absolute atomic E-state index is 0.0318. The van der Waals surface area contributed by atoms with Crippen molar-refractivity contribution in [3.8, 4) is 0 Å². The van der Waals surface area contributed by atoms with Crippen molar-refractivity contribution in [2.75, 3.05) is 25.0 Å². The number of likely N-dealkylation sites (N-methyl/N-ethyl adjacent to an activating group) is 1. The number of hydrogen-bond donors (Lipinski definition) is 1. The molecule has 0 aliphatic carbocycles. The maximum atomic E-state index is 12.2. The number of amides is 1. The summed E-state index contributed by atoms with van der Waals surface area (Å²) < 4.78 is 0. The molecule has 1 amide bonds. The van der Waals surface area contributed by atoms with E-state index < -0.39 is 0 Å². The van der Waals surface area contributed by atoms with Gasteiger partial charge in [0.25, 0.3) is 0 Å². The fourth-order valence-electron chi connectivity index (χ4n) is 2.34. The van der Waals surface area contributed by atoms with E-state index in [1.165, 1.54) is 0 Å². The normalized spacial score (nSPS) is 11.0. The number of carbonyl (C=O) groups excluding carboxylic acids is 1. The highest BCUT2D eigenvalue weighted by atomic mass is 16.2. The first-order valence-corrected chi connectivity index (χ1v) is 7.60. The van der Waals surface area contributed by atoms with Gasteiger partial charge in [0.1, 0.15) is 0 Å². The van der Waals surface area contributed by atoms with E-state index in [1.807, 2.05) is 30.3 Å². The van der Waals surface area contributed by atoms with Crippen LogP contribution in [0.2, 0.25) is 0 Å². The van der Waals surface area contributed by atoms with E-state index in [0.29, 0.717) is 6.54 Å². The van der Waals surface area contributed by atoms with Gasteiger partial charge < -0.3 is 5.32 Å². The van der Waals surface area contributed by atoms with Crippen LogP contribution in [0.15, 0.2) is 36.5 Å². The van der Waals surface area contributed by atoms with Crippen LogP contribution in [0, 0.1) is 0 Å². The summed E-state index contributed by atoms with van der Waals surface area (Å²) in [6.45, 7) is 6.55. The molecule has 0 spiro atoms. The molecule has 0 bridgehead atoms. The third-order valence-electron chi connectivity index (χ3n) is 3.56. The second kappa shape index (κ2) is 7.74. The Morgan fingerprint density at radius 1 is 1.24 bits per heavy atom. The van der Waals surface area contributed by atoms with E-state index in [9.17, 15) is 4.79 Å². The van der Waals surface area contributed by atoms with Gasteiger partial charge in [0.15, 0.2) is 0 Å². The van der Waals surface area contributed by atoms with Gasteiger partial charge in [0.05, 0.1) is 17.7 Å². The number of anilines is 1. The fourth-order valence-corrected chi connectivity index (χ4v) is 2.34. The first-order valence-electron chi connectivity index (χ1n) is 7.60. The summed E-state index contributed by atoms with van der Waals surface area (Å²) in [5.41, 5.74) is 1.73. The summed E-state index contributed by atoms with van der Waals surface area (Å²) in [5.74, 6) is 0.0318. The van der Waals surface area contributed by atoms with Gasteiger partial charge in [-0.25, -0.2) is 0 Å². The van der Waals surface area contributed by atoms with Crippen LogP contribution in [0.4, 0.5) is 5.69 Å². The highest BCUT2D eigenvalue weighted by Crippen LogP contribution is 2.21. The second-order valence-corrected chi connectivity index (χ2v) is 5.15. The minimum Gasteiger partial charge on any atom is -0.324 e. The molecule has 0 radical (unpaired) electrons. The minimum atomic E-state index is 0.0318. The Balaban J connectivity index is 2.04. The van der Waals surface area contributed by atoms with Crippen LogP contribution in [0.5, 0.6) is 0 Å². The van der Waals surface area contributed by atoms with E-state index >= 15 is 0 Å². The van der Waals surface area contributed by atoms with Crippen molar-refractivity contribution in [3.05, 3.63) is 36.5 Å². The lowest BCUT2D eigenvalue weighted by atomic mass is 10.2. The summed E-state index contributed by atoms with van der Waals surface area (Å²) in [7, 11) is 0. The summed E-state index contributed by atoms with van der Waals surface area (Å²) in [6, 6.07) is 9.65. The molecule has 0 fully saturated rings. The number of unbranched alkanes of at least 4 members (excludes halogenated alkanes) is 1. The highest BCUT2D eigenvalue weighted by Gasteiger charge is 2.10. The number of fused-ring (bicyclic) bond motifs is 1. The zero-order valence-corrected chi connectivity index (χ0v) is 12.8. The van der Waals surface area contributed by atoms with Crippen molar-refractivity contribution in [2.24, 2.45) is 0 Å². The highest BCUT2D eigenvalue weighted by molar-refractivity contribution is 6.01. The predicted molar refractivity (Wildman–Crippen MR) is 87.4 cm³/mol. The average Bonchev–Trinajstić information content (AvgIpc) is 2.51. The molecule has 21 heavy (non-hydrogen) atoms. The molecular weight excluding hydrogens is 262 g/mol. The monoisotopic (exact) mass is 285 g/mol. The van der Waals surface area contributed by atoms with Crippen LogP contribution >= 0.6 is 0 Å². The van der Waals surface area contributed by atoms with Crippen molar-refractivity contribution >= 4 is 22.5 Å². The predicted octanol–water partition coefficient (Wildman–Crippen LogP) is 3.30. The van der Waals surface area contributed by atoms with E-state index in [2.05, 4.69) is 29.0 Å². The van der Waals surface area contributed by atoms with Gasteiger partial charge in [-0.1, -0.05) is 26.3 Å². The molecule has 0 atom stereocenters. The number of hydrogen-bond acceptors (Lipinski definition) is 3. The number of nitrogens with zero attached hydrogens (tertiary/aromatic N) is 2. The van der Waals surface area contributed by atoms with Crippen molar-refractivity contribution in [1.29, 1.82) is 0 Å². The number of carbonyl (C=O) groups is 1. The zero-order valence-electron chi connectivity index (χ0n) is 12.8. The van der Waals surface area contributed by atoms with Crippen molar-refractivity contribution in [2.45, 2.75) is 26.7 Å². The SMILES string of the molecule is CCCCN(CC)CC(=O)Nc1cccc2ncccc12. The van der Waals surface area contributed by atoms with Gasteiger partial charge in [-0.05, 0) is 43.8 Å². The Hall–Kier alpha value is -1.94. The fraction of sp³-hybridized carbons (Fsp3) is 0.412. The quantitative estimate of drug-likeness (QED) is 0.849. The topological polar surface area (TPSA) is 45.2 Å². The van der Waals surface area contributed by atoms with Crippen LogP contribution in [0.25, 0.3) is 10.9 Å². The maximum Gasteiger partial charge on any atom is 0.238 e. The van der Waals surface area contributed by atoms with Gasteiger partial charge in [0.2, 0.25) is 5.91 Å². The number of rotatable bonds is 7. The molecule has 0 unspecified atom stereocenters. The van der Waals surface area contributed by atoms with E-state index in [4.69, 9.17) is 0 Å². The molecule has 4 heteroatoms. The van der Waals surface area contributed by atoms with E-state index in [-0.39, 0.29) is 5.91 Å².